The minimum atomic E-state index is 0.186. The van der Waals surface area contributed by atoms with Crippen LogP contribution in [0.3, 0.4) is 0 Å². The molecule has 7 nitrogen and oxygen atoms in total. The molecule has 2 N–H and O–H groups in total. The van der Waals surface area contributed by atoms with Crippen molar-refractivity contribution < 1.29 is 9.47 Å². The predicted molar refractivity (Wildman–Crippen MR) is 110 cm³/mol. The van der Waals surface area contributed by atoms with Crippen LogP contribution >= 0.6 is 39.0 Å². The normalized spacial score (nSPS) is 12.8. The van der Waals surface area contributed by atoms with Gasteiger partial charge in [0.2, 0.25) is 6.79 Å². The highest BCUT2D eigenvalue weighted by molar-refractivity contribution is 9.10. The zero-order valence-corrected chi connectivity index (χ0v) is 17.7. The first-order valence-corrected chi connectivity index (χ1v) is 11.0. The van der Waals surface area contributed by atoms with E-state index in [1.807, 2.05) is 16.7 Å². The number of aryl methyl sites for hydroxylation is 2. The number of halogens is 1. The molecule has 10 heteroatoms. The first-order chi connectivity index (χ1) is 13.7. The molecular weight excluding hydrogens is 462 g/mol. The van der Waals surface area contributed by atoms with E-state index in [9.17, 15) is 0 Å². The molecule has 28 heavy (non-hydrogen) atoms. The smallest absolute Gasteiger partial charge is 0.231 e. The van der Waals surface area contributed by atoms with Crippen LogP contribution in [0, 0.1) is 5.41 Å². The maximum absolute atomic E-state index is 8.12. The number of hydrogen-bond acceptors (Lipinski definition) is 7. The van der Waals surface area contributed by atoms with Gasteiger partial charge < -0.3 is 19.0 Å². The topological polar surface area (TPSA) is 88.8 Å². The van der Waals surface area contributed by atoms with E-state index in [1.165, 1.54) is 17.3 Å². The third kappa shape index (κ3) is 3.31. The summed E-state index contributed by atoms with van der Waals surface area (Å²) in [6.07, 6.45) is 2.58. The molecule has 0 aliphatic carbocycles. The molecule has 3 aromatic heterocycles. The SMILES string of the molecule is N=c1ncn(CCc2ccsc2)c2nc(Sc3cc4c(cc3Br)OCO4)[nH]c12. The first kappa shape index (κ1) is 17.8. The van der Waals surface area contributed by atoms with E-state index >= 15 is 0 Å². The van der Waals surface area contributed by atoms with Gasteiger partial charge in [-0.15, -0.1) is 0 Å². The Labute approximate surface area is 176 Å². The minimum Gasteiger partial charge on any atom is -0.454 e. The Morgan fingerprint density at radius 1 is 1.32 bits per heavy atom. The van der Waals surface area contributed by atoms with Crippen molar-refractivity contribution in [2.75, 3.05) is 6.79 Å². The second-order valence-corrected chi connectivity index (χ2v) is 8.81. The van der Waals surface area contributed by atoms with E-state index in [1.54, 1.807) is 17.7 Å². The van der Waals surface area contributed by atoms with E-state index in [4.69, 9.17) is 19.9 Å². The molecule has 1 aliphatic rings. The Morgan fingerprint density at radius 3 is 3.00 bits per heavy atom. The number of thiophene rings is 1. The highest BCUT2D eigenvalue weighted by atomic mass is 79.9. The van der Waals surface area contributed by atoms with Gasteiger partial charge in [0.05, 0.1) is 6.33 Å². The van der Waals surface area contributed by atoms with Crippen molar-refractivity contribution in [1.29, 1.82) is 5.41 Å². The predicted octanol–water partition coefficient (Wildman–Crippen LogP) is 4.19. The summed E-state index contributed by atoms with van der Waals surface area (Å²) in [6, 6.07) is 5.94. The maximum Gasteiger partial charge on any atom is 0.231 e. The molecule has 1 aromatic carbocycles. The van der Waals surface area contributed by atoms with E-state index in [0.29, 0.717) is 10.7 Å². The van der Waals surface area contributed by atoms with Gasteiger partial charge in [-0.3, -0.25) is 5.41 Å². The van der Waals surface area contributed by atoms with Crippen molar-refractivity contribution in [3.05, 3.63) is 50.8 Å². The lowest BCUT2D eigenvalue weighted by Crippen LogP contribution is -2.13. The van der Waals surface area contributed by atoms with Gasteiger partial charge in [0.15, 0.2) is 27.8 Å². The number of H-pyrrole nitrogens is 1. The van der Waals surface area contributed by atoms with Crippen LogP contribution in [-0.2, 0) is 13.0 Å². The van der Waals surface area contributed by atoms with Crippen LogP contribution in [0.1, 0.15) is 5.56 Å². The van der Waals surface area contributed by atoms with Crippen molar-refractivity contribution in [2.45, 2.75) is 23.0 Å². The summed E-state index contributed by atoms with van der Waals surface area (Å²) in [6.45, 7) is 0.988. The number of ether oxygens (including phenoxy) is 2. The molecule has 0 fully saturated rings. The molecule has 0 spiro atoms. The molecule has 5 rings (SSSR count). The van der Waals surface area contributed by atoms with E-state index in [0.717, 1.165) is 39.5 Å². The Hall–Kier alpha value is -2.30. The first-order valence-electron chi connectivity index (χ1n) is 8.45. The molecule has 1 aliphatic heterocycles. The Morgan fingerprint density at radius 2 is 2.18 bits per heavy atom. The van der Waals surface area contributed by atoms with Crippen LogP contribution in [0.15, 0.2) is 49.8 Å². The zero-order chi connectivity index (χ0) is 19.1. The number of rotatable bonds is 5. The number of nitrogens with zero attached hydrogens (tertiary/aromatic N) is 3. The average Bonchev–Trinajstić information content (AvgIpc) is 3.42. The second-order valence-electron chi connectivity index (χ2n) is 6.15. The largest absolute Gasteiger partial charge is 0.454 e. The standard InChI is InChI=1S/C18H14BrN5O2S2/c19-11-5-12-13(26-9-25-12)6-14(11)28-18-22-15-16(20)21-8-24(17(15)23-18)3-1-10-2-4-27-7-10/h2,4-8,20H,1,3,9H2,(H,22,23). The number of hydrogen-bond donors (Lipinski definition) is 2. The molecule has 142 valence electrons. The molecule has 4 aromatic rings. The fourth-order valence-electron chi connectivity index (χ4n) is 2.94. The molecule has 0 saturated heterocycles. The van der Waals surface area contributed by atoms with E-state index in [-0.39, 0.29) is 12.3 Å². The number of aromatic amines is 1. The lowest BCUT2D eigenvalue weighted by atomic mass is 10.2. The van der Waals surface area contributed by atoms with E-state index < -0.39 is 0 Å². The van der Waals surface area contributed by atoms with Gasteiger partial charge in [0, 0.05) is 15.9 Å². The summed E-state index contributed by atoms with van der Waals surface area (Å²) < 4.78 is 13.8. The fraction of sp³-hybridized carbons (Fsp3) is 0.167. The lowest BCUT2D eigenvalue weighted by Gasteiger charge is -2.05. The number of aromatic nitrogens is 4. The van der Waals surface area contributed by atoms with Crippen LogP contribution in [0.25, 0.3) is 11.2 Å². The van der Waals surface area contributed by atoms with Crippen LogP contribution in [-0.4, -0.2) is 26.3 Å². The zero-order valence-electron chi connectivity index (χ0n) is 14.4. The maximum atomic E-state index is 8.12. The minimum absolute atomic E-state index is 0.186. The summed E-state index contributed by atoms with van der Waals surface area (Å²) in [7, 11) is 0. The molecule has 0 saturated carbocycles. The lowest BCUT2D eigenvalue weighted by molar-refractivity contribution is 0.174. The van der Waals surface area contributed by atoms with Crippen molar-refractivity contribution in [2.24, 2.45) is 0 Å². The number of benzene rings is 1. The van der Waals surface area contributed by atoms with Gasteiger partial charge in [-0.25, -0.2) is 9.97 Å². The van der Waals surface area contributed by atoms with Crippen molar-refractivity contribution in [3.63, 3.8) is 0 Å². The molecule has 0 atom stereocenters. The van der Waals surface area contributed by atoms with Crippen LogP contribution in [0.5, 0.6) is 11.5 Å². The number of nitrogens with one attached hydrogen (secondary N) is 2. The number of imidazole rings is 1. The summed E-state index contributed by atoms with van der Waals surface area (Å²) in [5.74, 6) is 1.44. The molecule has 0 amide bonds. The Kier molecular flexibility index (Phi) is 4.61. The summed E-state index contributed by atoms with van der Waals surface area (Å²) in [4.78, 5) is 13.1. The fourth-order valence-corrected chi connectivity index (χ4v) is 5.02. The average molecular weight is 476 g/mol. The quantitative estimate of drug-likeness (QED) is 0.451. The van der Waals surface area contributed by atoms with Crippen molar-refractivity contribution in [3.8, 4) is 11.5 Å². The summed E-state index contributed by atoms with van der Waals surface area (Å²) in [5.41, 5.74) is 2.84. The van der Waals surface area contributed by atoms with Crippen molar-refractivity contribution >= 4 is 50.2 Å². The highest BCUT2D eigenvalue weighted by Gasteiger charge is 2.18. The summed E-state index contributed by atoms with van der Waals surface area (Å²) in [5, 5.41) is 13.0. The molecule has 0 unspecified atom stereocenters. The number of fused-ring (bicyclic) bond motifs is 2. The van der Waals surface area contributed by atoms with Crippen LogP contribution in [0.4, 0.5) is 0 Å². The van der Waals surface area contributed by atoms with Gasteiger partial charge in [-0.05, 0) is 56.9 Å². The monoisotopic (exact) mass is 475 g/mol. The summed E-state index contributed by atoms with van der Waals surface area (Å²) >= 11 is 6.74. The third-order valence-electron chi connectivity index (χ3n) is 4.35. The second kappa shape index (κ2) is 7.26. The molecule has 4 heterocycles. The van der Waals surface area contributed by atoms with Gasteiger partial charge in [-0.2, -0.15) is 11.3 Å². The third-order valence-corrected chi connectivity index (χ3v) is 6.95. The van der Waals surface area contributed by atoms with Crippen LogP contribution < -0.4 is 15.0 Å². The molecular formula is C18H14BrN5O2S2. The van der Waals surface area contributed by atoms with Crippen molar-refractivity contribution in [1.82, 2.24) is 19.5 Å². The molecule has 0 bridgehead atoms. The van der Waals surface area contributed by atoms with Gasteiger partial charge >= 0.3 is 0 Å². The molecule has 0 radical (unpaired) electrons. The Balaban J connectivity index is 1.47. The highest BCUT2D eigenvalue weighted by Crippen LogP contribution is 2.42. The Bertz CT molecular complexity index is 1220. The van der Waals surface area contributed by atoms with Gasteiger partial charge in [0.25, 0.3) is 0 Å². The van der Waals surface area contributed by atoms with Gasteiger partial charge in [0.1, 0.15) is 5.52 Å². The van der Waals surface area contributed by atoms with Gasteiger partial charge in [-0.1, -0.05) is 11.8 Å². The van der Waals surface area contributed by atoms with E-state index in [2.05, 4.69) is 42.7 Å². The van der Waals surface area contributed by atoms with Crippen LogP contribution in [0.2, 0.25) is 0 Å².